The number of amides is 1. The molecule has 116 valence electrons. The van der Waals surface area contributed by atoms with Crippen LogP contribution in [0.5, 0.6) is 5.75 Å². The van der Waals surface area contributed by atoms with E-state index in [1.165, 1.54) is 23.0 Å². The van der Waals surface area contributed by atoms with E-state index in [1.54, 1.807) is 18.2 Å². The van der Waals surface area contributed by atoms with Crippen LogP contribution >= 0.6 is 11.3 Å². The van der Waals surface area contributed by atoms with Crippen LogP contribution in [0, 0.1) is 6.92 Å². The number of hydrogen-bond donors (Lipinski definition) is 2. The van der Waals surface area contributed by atoms with Gasteiger partial charge in [0.1, 0.15) is 10.8 Å². The summed E-state index contributed by atoms with van der Waals surface area (Å²) in [7, 11) is 0. The lowest BCUT2D eigenvalue weighted by Gasteiger charge is -2.05. The van der Waals surface area contributed by atoms with E-state index >= 15 is 0 Å². The Balaban J connectivity index is 1.68. The molecule has 1 aromatic heterocycles. The predicted molar refractivity (Wildman–Crippen MR) is 92.7 cm³/mol. The number of carbonyl (C=O) groups is 1. The zero-order chi connectivity index (χ0) is 16.2. The second kappa shape index (κ2) is 6.62. The average molecular weight is 324 g/mol. The number of phenolic OH excluding ortho intramolecular Hbond substituents is 1. The van der Waals surface area contributed by atoms with E-state index in [0.29, 0.717) is 5.69 Å². The molecule has 2 N–H and O–H groups in total. The number of benzene rings is 2. The van der Waals surface area contributed by atoms with Crippen LogP contribution in [-0.2, 0) is 11.2 Å². The molecule has 4 nitrogen and oxygen atoms in total. The van der Waals surface area contributed by atoms with Crippen LogP contribution in [0.4, 0.5) is 5.69 Å². The molecule has 0 spiro atoms. The number of nitrogens with zero attached hydrogens (tertiary/aromatic N) is 1. The Labute approximate surface area is 138 Å². The Morgan fingerprint density at radius 3 is 2.65 bits per heavy atom. The van der Waals surface area contributed by atoms with Crippen molar-refractivity contribution >= 4 is 22.9 Å². The largest absolute Gasteiger partial charge is 0.506 e. The number of aromatic nitrogens is 1. The molecule has 0 atom stereocenters. The summed E-state index contributed by atoms with van der Waals surface area (Å²) in [6.45, 7) is 2.04. The van der Waals surface area contributed by atoms with Crippen molar-refractivity contribution in [2.75, 3.05) is 5.32 Å². The fourth-order valence-electron chi connectivity index (χ4n) is 2.16. The van der Waals surface area contributed by atoms with E-state index in [9.17, 15) is 9.90 Å². The second-order valence-electron chi connectivity index (χ2n) is 5.25. The number of phenols is 1. The summed E-state index contributed by atoms with van der Waals surface area (Å²) < 4.78 is 0. The quantitative estimate of drug-likeness (QED) is 0.713. The van der Waals surface area contributed by atoms with Crippen LogP contribution in [0.1, 0.15) is 11.3 Å². The Morgan fingerprint density at radius 2 is 1.91 bits per heavy atom. The Hall–Kier alpha value is -2.66. The maximum atomic E-state index is 12.1. The first-order valence-corrected chi connectivity index (χ1v) is 8.09. The first-order chi connectivity index (χ1) is 11.1. The third-order valence-corrected chi connectivity index (χ3v) is 4.31. The van der Waals surface area contributed by atoms with Gasteiger partial charge in [-0.2, -0.15) is 0 Å². The lowest BCUT2D eigenvalue weighted by atomic mass is 10.2. The molecule has 23 heavy (non-hydrogen) atoms. The van der Waals surface area contributed by atoms with Gasteiger partial charge >= 0.3 is 0 Å². The molecule has 0 unspecified atom stereocenters. The smallest absolute Gasteiger partial charge is 0.230 e. The minimum atomic E-state index is -0.202. The van der Waals surface area contributed by atoms with Gasteiger partial charge in [-0.05, 0) is 19.1 Å². The number of nitrogens with one attached hydrogen (secondary N) is 1. The van der Waals surface area contributed by atoms with Gasteiger partial charge in [-0.1, -0.05) is 42.0 Å². The van der Waals surface area contributed by atoms with Crippen molar-refractivity contribution in [3.8, 4) is 16.3 Å². The average Bonchev–Trinajstić information content (AvgIpc) is 2.98. The highest BCUT2D eigenvalue weighted by Crippen LogP contribution is 2.25. The van der Waals surface area contributed by atoms with Crippen molar-refractivity contribution in [2.24, 2.45) is 0 Å². The van der Waals surface area contributed by atoms with E-state index in [2.05, 4.69) is 10.3 Å². The van der Waals surface area contributed by atoms with E-state index in [1.807, 2.05) is 36.6 Å². The number of aryl methyl sites for hydroxylation is 1. The molecule has 0 bridgehead atoms. The highest BCUT2D eigenvalue weighted by Gasteiger charge is 2.10. The molecule has 5 heteroatoms. The normalized spacial score (nSPS) is 10.5. The fourth-order valence-corrected chi connectivity index (χ4v) is 2.98. The minimum Gasteiger partial charge on any atom is -0.506 e. The molecule has 0 fully saturated rings. The molecule has 0 aliphatic carbocycles. The number of hydrogen-bond acceptors (Lipinski definition) is 4. The topological polar surface area (TPSA) is 62.2 Å². The van der Waals surface area contributed by atoms with Crippen LogP contribution < -0.4 is 5.32 Å². The van der Waals surface area contributed by atoms with Crippen molar-refractivity contribution in [1.82, 2.24) is 4.98 Å². The van der Waals surface area contributed by atoms with Gasteiger partial charge in [-0.15, -0.1) is 11.3 Å². The van der Waals surface area contributed by atoms with Crippen LogP contribution in [-0.4, -0.2) is 16.0 Å². The molecule has 3 rings (SSSR count). The Bertz CT molecular complexity index is 825. The first-order valence-electron chi connectivity index (χ1n) is 7.21. The lowest BCUT2D eigenvalue weighted by Crippen LogP contribution is -2.14. The van der Waals surface area contributed by atoms with Crippen molar-refractivity contribution < 1.29 is 9.90 Å². The first kappa shape index (κ1) is 15.2. The third-order valence-electron chi connectivity index (χ3n) is 3.37. The number of carbonyl (C=O) groups excluding carboxylic acids is 1. The number of rotatable bonds is 4. The lowest BCUT2D eigenvalue weighted by molar-refractivity contribution is -0.115. The minimum absolute atomic E-state index is 0.0551. The van der Waals surface area contributed by atoms with Gasteiger partial charge in [-0.3, -0.25) is 4.79 Å². The Morgan fingerprint density at radius 1 is 1.17 bits per heavy atom. The molecular formula is C18H16N2O2S. The zero-order valence-electron chi connectivity index (χ0n) is 12.6. The summed E-state index contributed by atoms with van der Waals surface area (Å²) in [5.74, 6) is -0.147. The maximum Gasteiger partial charge on any atom is 0.230 e. The van der Waals surface area contributed by atoms with Crippen LogP contribution in [0.2, 0.25) is 0 Å². The highest BCUT2D eigenvalue weighted by atomic mass is 32.1. The van der Waals surface area contributed by atoms with Crippen LogP contribution in [0.3, 0.4) is 0 Å². The van der Waals surface area contributed by atoms with Gasteiger partial charge in [0.05, 0.1) is 17.8 Å². The molecule has 0 saturated carbocycles. The van der Waals surface area contributed by atoms with Crippen molar-refractivity contribution in [1.29, 1.82) is 0 Å². The number of para-hydroxylation sites is 2. The third kappa shape index (κ3) is 3.76. The van der Waals surface area contributed by atoms with E-state index in [0.717, 1.165) is 16.3 Å². The van der Waals surface area contributed by atoms with Crippen molar-refractivity contribution in [3.63, 3.8) is 0 Å². The van der Waals surface area contributed by atoms with Crippen molar-refractivity contribution in [2.45, 2.75) is 13.3 Å². The van der Waals surface area contributed by atoms with Gasteiger partial charge in [0, 0.05) is 10.9 Å². The standard InChI is InChI=1S/C18H16N2O2S/c1-12-6-8-13(9-7-12)18-19-14(11-23-18)10-17(22)20-15-4-2-3-5-16(15)21/h2-9,11,21H,10H2,1H3,(H,20,22). The summed E-state index contributed by atoms with van der Waals surface area (Å²) in [4.78, 5) is 16.6. The Kier molecular flexibility index (Phi) is 4.39. The SMILES string of the molecule is Cc1ccc(-c2nc(CC(=O)Nc3ccccc3O)cs2)cc1. The molecule has 0 saturated heterocycles. The second-order valence-corrected chi connectivity index (χ2v) is 6.11. The molecule has 2 aromatic carbocycles. The zero-order valence-corrected chi connectivity index (χ0v) is 13.4. The molecule has 1 heterocycles. The van der Waals surface area contributed by atoms with Gasteiger partial charge in [-0.25, -0.2) is 4.98 Å². The van der Waals surface area contributed by atoms with E-state index in [-0.39, 0.29) is 18.1 Å². The van der Waals surface area contributed by atoms with Crippen LogP contribution in [0.15, 0.2) is 53.9 Å². The summed E-state index contributed by atoms with van der Waals surface area (Å²) in [6.07, 6.45) is 0.177. The van der Waals surface area contributed by atoms with Gasteiger partial charge in [0.2, 0.25) is 5.91 Å². The van der Waals surface area contributed by atoms with E-state index < -0.39 is 0 Å². The number of anilines is 1. The molecular weight excluding hydrogens is 308 g/mol. The summed E-state index contributed by atoms with van der Waals surface area (Å²) in [5, 5.41) is 15.2. The molecule has 0 radical (unpaired) electrons. The van der Waals surface area contributed by atoms with Gasteiger partial charge in [0.15, 0.2) is 0 Å². The number of thiazole rings is 1. The highest BCUT2D eigenvalue weighted by molar-refractivity contribution is 7.13. The maximum absolute atomic E-state index is 12.1. The van der Waals surface area contributed by atoms with Crippen molar-refractivity contribution in [3.05, 3.63) is 65.2 Å². The summed E-state index contributed by atoms with van der Waals surface area (Å²) >= 11 is 1.52. The van der Waals surface area contributed by atoms with E-state index in [4.69, 9.17) is 0 Å². The molecule has 1 amide bonds. The molecule has 0 aliphatic rings. The van der Waals surface area contributed by atoms with Crippen LogP contribution in [0.25, 0.3) is 10.6 Å². The van der Waals surface area contributed by atoms with Gasteiger partial charge < -0.3 is 10.4 Å². The summed E-state index contributed by atoms with van der Waals surface area (Å²) in [6, 6.07) is 14.8. The fraction of sp³-hybridized carbons (Fsp3) is 0.111. The predicted octanol–water partition coefficient (Wildman–Crippen LogP) is 4.01. The molecule has 3 aromatic rings. The molecule has 0 aliphatic heterocycles. The van der Waals surface area contributed by atoms with Gasteiger partial charge in [0.25, 0.3) is 0 Å². The monoisotopic (exact) mass is 324 g/mol. The summed E-state index contributed by atoms with van der Waals surface area (Å²) in [5.41, 5.74) is 3.38. The number of aromatic hydroxyl groups is 1.